The molecule has 5 heteroatoms. The first-order valence-corrected chi connectivity index (χ1v) is 6.54. The summed E-state index contributed by atoms with van der Waals surface area (Å²) in [5.74, 6) is -0.145. The van der Waals surface area contributed by atoms with Crippen LogP contribution >= 0.6 is 11.8 Å². The number of amides is 1. The van der Waals surface area contributed by atoms with E-state index in [0.29, 0.717) is 19.3 Å². The Hall–Kier alpha value is -0.710. The highest BCUT2D eigenvalue weighted by molar-refractivity contribution is 7.98. The summed E-state index contributed by atoms with van der Waals surface area (Å²) in [6.45, 7) is 0. The predicted octanol–water partition coefficient (Wildman–Crippen LogP) is 1.11. The Morgan fingerprint density at radius 1 is 1.47 bits per heavy atom. The van der Waals surface area contributed by atoms with Crippen molar-refractivity contribution in [2.45, 2.75) is 31.7 Å². The number of carboxylic acid groups (broad SMARTS) is 1. The van der Waals surface area contributed by atoms with Crippen LogP contribution < -0.4 is 5.32 Å². The number of carboxylic acids is 1. The maximum absolute atomic E-state index is 11.4. The first-order chi connectivity index (χ1) is 7.13. The fourth-order valence-electron chi connectivity index (χ4n) is 1.83. The van der Waals surface area contributed by atoms with E-state index < -0.39 is 5.97 Å². The van der Waals surface area contributed by atoms with Gasteiger partial charge in [-0.1, -0.05) is 0 Å². The van der Waals surface area contributed by atoms with E-state index in [4.69, 9.17) is 5.11 Å². The summed E-state index contributed by atoms with van der Waals surface area (Å²) in [7, 11) is 0. The van der Waals surface area contributed by atoms with Crippen LogP contribution in [0.2, 0.25) is 0 Å². The van der Waals surface area contributed by atoms with Crippen molar-refractivity contribution in [2.75, 3.05) is 12.0 Å². The van der Waals surface area contributed by atoms with Crippen molar-refractivity contribution in [2.24, 2.45) is 5.92 Å². The number of carbonyl (C=O) groups excluding carboxylic acids is 1. The predicted molar refractivity (Wildman–Crippen MR) is 59.9 cm³/mol. The van der Waals surface area contributed by atoms with Crippen LogP contribution in [0.25, 0.3) is 0 Å². The molecule has 0 aromatic rings. The molecule has 0 radical (unpaired) electrons. The quantitative estimate of drug-likeness (QED) is 0.744. The van der Waals surface area contributed by atoms with Crippen LogP contribution in [0.5, 0.6) is 0 Å². The summed E-state index contributed by atoms with van der Waals surface area (Å²) < 4.78 is 0. The molecule has 2 unspecified atom stereocenters. The minimum absolute atomic E-state index is 0.0420. The molecular formula is C10H17NO3S. The van der Waals surface area contributed by atoms with Gasteiger partial charge >= 0.3 is 5.97 Å². The lowest BCUT2D eigenvalue weighted by molar-refractivity contribution is -0.141. The van der Waals surface area contributed by atoms with E-state index >= 15 is 0 Å². The highest BCUT2D eigenvalue weighted by Crippen LogP contribution is 2.25. The topological polar surface area (TPSA) is 66.4 Å². The smallest absolute Gasteiger partial charge is 0.306 e. The van der Waals surface area contributed by atoms with E-state index in [2.05, 4.69) is 5.32 Å². The molecule has 0 aliphatic heterocycles. The van der Waals surface area contributed by atoms with Gasteiger partial charge in [-0.15, -0.1) is 0 Å². The molecule has 1 saturated carbocycles. The molecule has 1 amide bonds. The summed E-state index contributed by atoms with van der Waals surface area (Å²) in [5, 5.41) is 11.7. The van der Waals surface area contributed by atoms with Crippen molar-refractivity contribution in [1.29, 1.82) is 0 Å². The first-order valence-electron chi connectivity index (χ1n) is 5.14. The van der Waals surface area contributed by atoms with Gasteiger partial charge in [0.05, 0.1) is 5.92 Å². The van der Waals surface area contributed by atoms with Gasteiger partial charge in [0.1, 0.15) is 0 Å². The van der Waals surface area contributed by atoms with Gasteiger partial charge in [0.15, 0.2) is 0 Å². The average molecular weight is 231 g/mol. The van der Waals surface area contributed by atoms with E-state index in [9.17, 15) is 9.59 Å². The molecule has 2 N–H and O–H groups in total. The minimum Gasteiger partial charge on any atom is -0.481 e. The third-order valence-electron chi connectivity index (χ3n) is 2.68. The third kappa shape index (κ3) is 4.11. The summed E-state index contributed by atoms with van der Waals surface area (Å²) >= 11 is 1.64. The Morgan fingerprint density at radius 3 is 2.73 bits per heavy atom. The summed E-state index contributed by atoms with van der Waals surface area (Å²) in [6, 6.07) is 0.0699. The normalized spacial score (nSPS) is 25.1. The largest absolute Gasteiger partial charge is 0.481 e. The molecule has 0 heterocycles. The molecular weight excluding hydrogens is 214 g/mol. The van der Waals surface area contributed by atoms with Crippen molar-refractivity contribution in [1.82, 2.24) is 5.32 Å². The lowest BCUT2D eigenvalue weighted by Gasteiger charge is -2.11. The van der Waals surface area contributed by atoms with Crippen LogP contribution in [0, 0.1) is 5.92 Å². The van der Waals surface area contributed by atoms with Crippen molar-refractivity contribution < 1.29 is 14.7 Å². The number of nitrogens with one attached hydrogen (secondary N) is 1. The SMILES string of the molecule is CSCCC(=O)NC1CCC(C(=O)O)C1. The van der Waals surface area contributed by atoms with Crippen LogP contribution in [-0.2, 0) is 9.59 Å². The van der Waals surface area contributed by atoms with Crippen molar-refractivity contribution in [3.8, 4) is 0 Å². The lowest BCUT2D eigenvalue weighted by atomic mass is 10.1. The molecule has 0 bridgehead atoms. The van der Waals surface area contributed by atoms with E-state index in [1.165, 1.54) is 0 Å². The Kier molecular flexibility index (Phi) is 4.94. The lowest BCUT2D eigenvalue weighted by Crippen LogP contribution is -2.33. The fourth-order valence-corrected chi connectivity index (χ4v) is 2.22. The first kappa shape index (κ1) is 12.4. The zero-order valence-electron chi connectivity index (χ0n) is 8.86. The van der Waals surface area contributed by atoms with E-state index in [1.54, 1.807) is 11.8 Å². The Bertz CT molecular complexity index is 245. The van der Waals surface area contributed by atoms with E-state index in [-0.39, 0.29) is 17.9 Å². The highest BCUT2D eigenvalue weighted by Gasteiger charge is 2.30. The van der Waals surface area contributed by atoms with Gasteiger partial charge < -0.3 is 10.4 Å². The number of hydrogen-bond donors (Lipinski definition) is 2. The van der Waals surface area contributed by atoms with Crippen LogP contribution in [0.3, 0.4) is 0 Å². The summed E-state index contributed by atoms with van der Waals surface area (Å²) in [6.07, 6.45) is 4.55. The maximum Gasteiger partial charge on any atom is 0.306 e. The monoisotopic (exact) mass is 231 g/mol. The van der Waals surface area contributed by atoms with Gasteiger partial charge in [-0.05, 0) is 25.5 Å². The zero-order valence-corrected chi connectivity index (χ0v) is 9.68. The van der Waals surface area contributed by atoms with Gasteiger partial charge in [0, 0.05) is 18.2 Å². The Balaban J connectivity index is 2.23. The zero-order chi connectivity index (χ0) is 11.3. The van der Waals surface area contributed by atoms with Gasteiger partial charge in [0.2, 0.25) is 5.91 Å². The number of rotatable bonds is 5. The Labute approximate surface area is 93.8 Å². The molecule has 4 nitrogen and oxygen atoms in total. The van der Waals surface area contributed by atoms with Crippen LogP contribution in [0.1, 0.15) is 25.7 Å². The average Bonchev–Trinajstić information content (AvgIpc) is 2.63. The van der Waals surface area contributed by atoms with Gasteiger partial charge in [0.25, 0.3) is 0 Å². The number of aliphatic carboxylic acids is 1. The molecule has 15 heavy (non-hydrogen) atoms. The molecule has 0 aromatic heterocycles. The van der Waals surface area contributed by atoms with Gasteiger partial charge in [-0.3, -0.25) is 9.59 Å². The second-order valence-electron chi connectivity index (χ2n) is 3.86. The molecule has 1 fully saturated rings. The fraction of sp³-hybridized carbons (Fsp3) is 0.800. The number of thioether (sulfide) groups is 1. The van der Waals surface area contributed by atoms with Gasteiger partial charge in [-0.25, -0.2) is 0 Å². The number of hydrogen-bond acceptors (Lipinski definition) is 3. The standard InChI is InChI=1S/C10H17NO3S/c1-15-5-4-9(12)11-8-3-2-7(6-8)10(13)14/h7-8H,2-6H2,1H3,(H,11,12)(H,13,14). The molecule has 86 valence electrons. The van der Waals surface area contributed by atoms with E-state index in [0.717, 1.165) is 12.2 Å². The van der Waals surface area contributed by atoms with Crippen molar-refractivity contribution in [3.05, 3.63) is 0 Å². The second kappa shape index (κ2) is 6.00. The highest BCUT2D eigenvalue weighted by atomic mass is 32.2. The van der Waals surface area contributed by atoms with E-state index in [1.807, 2.05) is 6.26 Å². The molecule has 0 aromatic carbocycles. The second-order valence-corrected chi connectivity index (χ2v) is 4.84. The molecule has 1 aliphatic carbocycles. The van der Waals surface area contributed by atoms with Crippen LogP contribution in [0.15, 0.2) is 0 Å². The summed E-state index contributed by atoms with van der Waals surface area (Å²) in [4.78, 5) is 22.1. The maximum atomic E-state index is 11.4. The molecule has 1 rings (SSSR count). The summed E-state index contributed by atoms with van der Waals surface area (Å²) in [5.41, 5.74) is 0. The molecule has 0 saturated heterocycles. The molecule has 2 atom stereocenters. The van der Waals surface area contributed by atoms with Gasteiger partial charge in [-0.2, -0.15) is 11.8 Å². The minimum atomic E-state index is -0.740. The third-order valence-corrected chi connectivity index (χ3v) is 3.29. The van der Waals surface area contributed by atoms with Crippen LogP contribution in [-0.4, -0.2) is 35.0 Å². The van der Waals surface area contributed by atoms with Crippen molar-refractivity contribution >= 4 is 23.6 Å². The molecule has 1 aliphatic rings. The van der Waals surface area contributed by atoms with Crippen molar-refractivity contribution in [3.63, 3.8) is 0 Å². The van der Waals surface area contributed by atoms with Crippen LogP contribution in [0.4, 0.5) is 0 Å². The number of carbonyl (C=O) groups is 2. The molecule has 0 spiro atoms. The Morgan fingerprint density at radius 2 is 2.20 bits per heavy atom.